The maximum atomic E-state index is 12.6. The monoisotopic (exact) mass is 453 g/mol. The number of nitrogens with one attached hydrogen (secondary N) is 1. The van der Waals surface area contributed by atoms with Gasteiger partial charge in [0.05, 0.1) is 17.6 Å². The van der Waals surface area contributed by atoms with E-state index in [0.717, 1.165) is 5.56 Å². The highest BCUT2D eigenvalue weighted by molar-refractivity contribution is 7.89. The molecule has 3 rings (SSSR count). The number of rotatable bonds is 9. The van der Waals surface area contributed by atoms with E-state index in [-0.39, 0.29) is 29.4 Å². The zero-order valence-corrected chi connectivity index (χ0v) is 18.5. The first-order valence-corrected chi connectivity index (χ1v) is 11.3. The minimum Gasteiger partial charge on any atom is -0.496 e. The third kappa shape index (κ3) is 5.81. The number of esters is 1. The van der Waals surface area contributed by atoms with Gasteiger partial charge in [0.25, 0.3) is 0 Å². The van der Waals surface area contributed by atoms with Crippen molar-refractivity contribution in [1.82, 2.24) is 4.72 Å². The Balaban J connectivity index is 1.71. The van der Waals surface area contributed by atoms with Crippen molar-refractivity contribution in [1.29, 1.82) is 0 Å². The van der Waals surface area contributed by atoms with Crippen LogP contribution in [0.2, 0.25) is 0 Å². The molecule has 0 atom stereocenters. The lowest BCUT2D eigenvalue weighted by molar-refractivity contribution is 0.0470. The molecule has 3 aromatic rings. The van der Waals surface area contributed by atoms with Crippen LogP contribution < -0.4 is 9.46 Å². The van der Waals surface area contributed by atoms with Crippen LogP contribution in [0.25, 0.3) is 0 Å². The van der Waals surface area contributed by atoms with Crippen molar-refractivity contribution in [3.63, 3.8) is 0 Å². The number of hydrogen-bond donors (Lipinski definition) is 1. The molecule has 7 nitrogen and oxygen atoms in total. The summed E-state index contributed by atoms with van der Waals surface area (Å²) >= 11 is 0. The van der Waals surface area contributed by atoms with E-state index in [1.807, 2.05) is 30.3 Å². The summed E-state index contributed by atoms with van der Waals surface area (Å²) in [5.41, 5.74) is 1.90. The van der Waals surface area contributed by atoms with Crippen LogP contribution in [0, 0.1) is 0 Å². The summed E-state index contributed by atoms with van der Waals surface area (Å²) in [6, 6.07) is 19.6. The number of methoxy groups -OCH3 is 1. The molecule has 0 aromatic heterocycles. The highest BCUT2D eigenvalue weighted by atomic mass is 32.2. The molecule has 166 valence electrons. The van der Waals surface area contributed by atoms with E-state index in [2.05, 4.69) is 4.72 Å². The average molecular weight is 454 g/mol. The quantitative estimate of drug-likeness (QED) is 0.392. The molecule has 0 saturated carbocycles. The van der Waals surface area contributed by atoms with Crippen LogP contribution >= 0.6 is 0 Å². The van der Waals surface area contributed by atoms with E-state index in [1.54, 1.807) is 18.2 Å². The SMILES string of the molecule is COc1ccc(C(C)=O)cc1COC(=O)c1cccc(S(=O)(=O)NCc2ccccc2)c1. The Morgan fingerprint density at radius 2 is 1.66 bits per heavy atom. The molecule has 8 heteroatoms. The van der Waals surface area contributed by atoms with Crippen LogP contribution in [-0.4, -0.2) is 27.3 Å². The Labute approximate surface area is 187 Å². The number of carbonyl (C=O) groups excluding carboxylic acids is 2. The molecular weight excluding hydrogens is 430 g/mol. The van der Waals surface area contributed by atoms with Crippen LogP contribution in [0.3, 0.4) is 0 Å². The molecule has 0 heterocycles. The van der Waals surface area contributed by atoms with Crippen LogP contribution in [-0.2, 0) is 27.9 Å². The standard InChI is InChI=1S/C24H23NO6S/c1-17(26)19-11-12-23(30-2)21(13-19)16-31-24(27)20-9-6-10-22(14-20)32(28,29)25-15-18-7-4-3-5-8-18/h3-14,25H,15-16H2,1-2H3. The topological polar surface area (TPSA) is 98.8 Å². The van der Waals surface area contributed by atoms with Crippen molar-refractivity contribution in [2.24, 2.45) is 0 Å². The average Bonchev–Trinajstić information content (AvgIpc) is 2.81. The van der Waals surface area contributed by atoms with E-state index in [0.29, 0.717) is 16.9 Å². The molecule has 0 aliphatic carbocycles. The minimum atomic E-state index is -3.82. The van der Waals surface area contributed by atoms with Crippen LogP contribution in [0.15, 0.2) is 77.7 Å². The van der Waals surface area contributed by atoms with Crippen molar-refractivity contribution in [2.75, 3.05) is 7.11 Å². The maximum Gasteiger partial charge on any atom is 0.338 e. The van der Waals surface area contributed by atoms with Gasteiger partial charge in [-0.25, -0.2) is 17.9 Å². The van der Waals surface area contributed by atoms with Gasteiger partial charge in [0.1, 0.15) is 12.4 Å². The van der Waals surface area contributed by atoms with Gasteiger partial charge in [-0.05, 0) is 48.9 Å². The maximum absolute atomic E-state index is 12.6. The van der Waals surface area contributed by atoms with Gasteiger partial charge in [0, 0.05) is 17.7 Å². The lowest BCUT2D eigenvalue weighted by Gasteiger charge is -2.11. The lowest BCUT2D eigenvalue weighted by atomic mass is 10.1. The molecule has 0 fully saturated rings. The minimum absolute atomic E-state index is 0.0426. The molecule has 0 amide bonds. The summed E-state index contributed by atoms with van der Waals surface area (Å²) in [5, 5.41) is 0. The fraction of sp³-hybridized carbons (Fsp3) is 0.167. The molecule has 0 spiro atoms. The highest BCUT2D eigenvalue weighted by Crippen LogP contribution is 2.22. The van der Waals surface area contributed by atoms with E-state index in [9.17, 15) is 18.0 Å². The van der Waals surface area contributed by atoms with Crippen LogP contribution in [0.4, 0.5) is 0 Å². The molecule has 0 aliphatic rings. The van der Waals surface area contributed by atoms with Gasteiger partial charge in [-0.3, -0.25) is 4.79 Å². The Bertz CT molecular complexity index is 1220. The molecule has 1 N–H and O–H groups in total. The van der Waals surface area contributed by atoms with E-state index < -0.39 is 16.0 Å². The van der Waals surface area contributed by atoms with Gasteiger partial charge >= 0.3 is 5.97 Å². The molecule has 0 unspecified atom stereocenters. The smallest absolute Gasteiger partial charge is 0.338 e. The molecule has 3 aromatic carbocycles. The van der Waals surface area contributed by atoms with Gasteiger partial charge in [0.2, 0.25) is 10.0 Å². The highest BCUT2D eigenvalue weighted by Gasteiger charge is 2.17. The largest absolute Gasteiger partial charge is 0.496 e. The summed E-state index contributed by atoms with van der Waals surface area (Å²) in [4.78, 5) is 24.1. The third-order valence-corrected chi connectivity index (χ3v) is 6.13. The molecule has 32 heavy (non-hydrogen) atoms. The molecule has 0 bridgehead atoms. The fourth-order valence-electron chi connectivity index (χ4n) is 2.98. The molecule has 0 radical (unpaired) electrons. The summed E-state index contributed by atoms with van der Waals surface area (Å²) in [7, 11) is -2.35. The van der Waals surface area contributed by atoms with Crippen molar-refractivity contribution in [3.8, 4) is 5.75 Å². The Morgan fingerprint density at radius 1 is 0.906 bits per heavy atom. The second-order valence-electron chi connectivity index (χ2n) is 7.00. The predicted octanol–water partition coefficient (Wildman–Crippen LogP) is 3.73. The van der Waals surface area contributed by atoms with Crippen LogP contribution in [0.1, 0.15) is 38.8 Å². The Hall–Kier alpha value is -3.49. The Morgan fingerprint density at radius 3 is 2.34 bits per heavy atom. The first kappa shape index (κ1) is 23.2. The lowest BCUT2D eigenvalue weighted by Crippen LogP contribution is -2.23. The number of ether oxygens (including phenoxy) is 2. The van der Waals surface area contributed by atoms with Crippen molar-refractivity contribution in [2.45, 2.75) is 25.0 Å². The van der Waals surface area contributed by atoms with Gasteiger partial charge in [-0.1, -0.05) is 36.4 Å². The van der Waals surface area contributed by atoms with Crippen molar-refractivity contribution >= 4 is 21.8 Å². The van der Waals surface area contributed by atoms with E-state index >= 15 is 0 Å². The first-order chi connectivity index (χ1) is 15.3. The Kier molecular flexibility index (Phi) is 7.40. The third-order valence-electron chi connectivity index (χ3n) is 4.73. The zero-order chi connectivity index (χ0) is 23.1. The second kappa shape index (κ2) is 10.2. The van der Waals surface area contributed by atoms with Gasteiger partial charge < -0.3 is 9.47 Å². The van der Waals surface area contributed by atoms with Gasteiger partial charge in [-0.2, -0.15) is 0 Å². The zero-order valence-electron chi connectivity index (χ0n) is 17.7. The molecule has 0 aliphatic heterocycles. The molecule has 0 saturated heterocycles. The predicted molar refractivity (Wildman–Crippen MR) is 119 cm³/mol. The normalized spacial score (nSPS) is 11.1. The number of sulfonamides is 1. The van der Waals surface area contributed by atoms with E-state index in [1.165, 1.54) is 38.3 Å². The van der Waals surface area contributed by atoms with E-state index in [4.69, 9.17) is 9.47 Å². The van der Waals surface area contributed by atoms with Gasteiger partial charge in [-0.15, -0.1) is 0 Å². The summed E-state index contributed by atoms with van der Waals surface area (Å²) in [6.07, 6.45) is 0. The fourth-order valence-corrected chi connectivity index (χ4v) is 4.05. The van der Waals surface area contributed by atoms with Crippen molar-refractivity contribution in [3.05, 3.63) is 95.1 Å². The number of hydrogen-bond acceptors (Lipinski definition) is 6. The number of carbonyl (C=O) groups is 2. The number of benzene rings is 3. The van der Waals surface area contributed by atoms with Crippen LogP contribution in [0.5, 0.6) is 5.75 Å². The summed E-state index contributed by atoms with van der Waals surface area (Å²) < 4.78 is 38.4. The number of ketones is 1. The summed E-state index contributed by atoms with van der Waals surface area (Å²) in [5.74, 6) is -0.342. The van der Waals surface area contributed by atoms with Crippen molar-refractivity contribution < 1.29 is 27.5 Å². The molecular formula is C24H23NO6S. The van der Waals surface area contributed by atoms with Gasteiger partial charge in [0.15, 0.2) is 5.78 Å². The first-order valence-electron chi connectivity index (χ1n) is 9.79. The summed E-state index contributed by atoms with van der Waals surface area (Å²) in [6.45, 7) is 1.44. The second-order valence-corrected chi connectivity index (χ2v) is 8.76. The number of Topliss-reactive ketones (excluding diaryl/α,β-unsaturated/α-hetero) is 1.